The Hall–Kier alpha value is -1.43. The molecule has 1 aliphatic rings. The zero-order valence-electron chi connectivity index (χ0n) is 14.0. The van der Waals surface area contributed by atoms with E-state index in [2.05, 4.69) is 26.8 Å². The summed E-state index contributed by atoms with van der Waals surface area (Å²) in [4.78, 5) is 6.54. The first-order chi connectivity index (χ1) is 11.2. The number of hydrogen-bond acceptors (Lipinski definition) is 3. The third kappa shape index (κ3) is 5.94. The van der Waals surface area contributed by atoms with E-state index in [0.717, 1.165) is 56.3 Å². The second-order valence-electron chi connectivity index (χ2n) is 5.73. The molecule has 1 aromatic carbocycles. The van der Waals surface area contributed by atoms with Crippen molar-refractivity contribution in [2.45, 2.75) is 25.3 Å². The van der Waals surface area contributed by atoms with Crippen LogP contribution in [0.3, 0.4) is 0 Å². The summed E-state index contributed by atoms with van der Waals surface area (Å²) >= 11 is 1.86. The van der Waals surface area contributed by atoms with Gasteiger partial charge in [-0.15, -0.1) is 0 Å². The number of benzene rings is 1. The average molecular weight is 338 g/mol. The second-order valence-corrected chi connectivity index (χ2v) is 6.72. The Labute approximate surface area is 142 Å². The third-order valence-corrected chi connectivity index (χ3v) is 4.75. The summed E-state index contributed by atoms with van der Waals surface area (Å²) in [5.41, 5.74) is 0.975. The first-order valence-corrected chi connectivity index (χ1v) is 9.59. The Morgan fingerprint density at radius 3 is 2.83 bits per heavy atom. The Morgan fingerprint density at radius 1 is 1.39 bits per heavy atom. The van der Waals surface area contributed by atoms with Crippen molar-refractivity contribution in [1.29, 1.82) is 0 Å². The number of aliphatic imine (C=N–C) groups is 1. The zero-order valence-corrected chi connectivity index (χ0v) is 14.8. The lowest BCUT2D eigenvalue weighted by Crippen LogP contribution is -2.49. The molecule has 0 aliphatic carbocycles. The topological polar surface area (TPSA) is 39.7 Å². The quantitative estimate of drug-likeness (QED) is 0.475. The van der Waals surface area contributed by atoms with E-state index in [4.69, 9.17) is 0 Å². The number of rotatable bonds is 6. The molecule has 0 amide bonds. The summed E-state index contributed by atoms with van der Waals surface area (Å²) in [5, 5.41) is 6.86. The van der Waals surface area contributed by atoms with Gasteiger partial charge in [-0.1, -0.05) is 6.07 Å². The van der Waals surface area contributed by atoms with Gasteiger partial charge in [0.05, 0.1) is 0 Å². The van der Waals surface area contributed by atoms with Gasteiger partial charge in [0.1, 0.15) is 5.82 Å². The van der Waals surface area contributed by atoms with E-state index in [1.165, 1.54) is 6.07 Å². The van der Waals surface area contributed by atoms with Crippen molar-refractivity contribution in [3.8, 4) is 0 Å². The summed E-state index contributed by atoms with van der Waals surface area (Å²) in [5.74, 6) is 1.88. The number of anilines is 1. The van der Waals surface area contributed by atoms with Crippen LogP contribution in [0.5, 0.6) is 0 Å². The highest BCUT2D eigenvalue weighted by Gasteiger charge is 2.20. The summed E-state index contributed by atoms with van der Waals surface area (Å²) in [6, 6.07) is 7.27. The first-order valence-electron chi connectivity index (χ1n) is 8.19. The number of thioether (sulfide) groups is 1. The number of nitrogens with zero attached hydrogens (tertiary/aromatic N) is 2. The summed E-state index contributed by atoms with van der Waals surface area (Å²) in [6.45, 7) is 2.82. The Bertz CT molecular complexity index is 501. The van der Waals surface area contributed by atoms with Crippen LogP contribution >= 0.6 is 11.8 Å². The van der Waals surface area contributed by atoms with Crippen molar-refractivity contribution >= 4 is 23.4 Å². The van der Waals surface area contributed by atoms with Crippen LogP contribution in [0.2, 0.25) is 0 Å². The molecule has 0 aromatic heterocycles. The van der Waals surface area contributed by atoms with Crippen molar-refractivity contribution in [3.05, 3.63) is 30.1 Å². The van der Waals surface area contributed by atoms with Crippen LogP contribution in [0.4, 0.5) is 10.1 Å². The van der Waals surface area contributed by atoms with Crippen molar-refractivity contribution in [3.63, 3.8) is 0 Å². The van der Waals surface area contributed by atoms with Crippen LogP contribution in [0.1, 0.15) is 19.3 Å². The van der Waals surface area contributed by atoms with Crippen molar-refractivity contribution in [1.82, 2.24) is 10.6 Å². The number of hydrogen-bond donors (Lipinski definition) is 2. The van der Waals surface area contributed by atoms with E-state index in [-0.39, 0.29) is 5.82 Å². The third-order valence-electron chi connectivity index (χ3n) is 4.05. The summed E-state index contributed by atoms with van der Waals surface area (Å²) in [7, 11) is 1.81. The van der Waals surface area contributed by atoms with E-state index >= 15 is 0 Å². The normalized spacial score (nSPS) is 16.5. The lowest BCUT2D eigenvalue weighted by Gasteiger charge is -2.34. The van der Waals surface area contributed by atoms with Crippen LogP contribution in [-0.2, 0) is 0 Å². The molecule has 0 atom stereocenters. The highest BCUT2D eigenvalue weighted by atomic mass is 32.2. The van der Waals surface area contributed by atoms with Crippen LogP contribution in [-0.4, -0.2) is 50.7 Å². The lowest BCUT2D eigenvalue weighted by atomic mass is 10.0. The van der Waals surface area contributed by atoms with Crippen molar-refractivity contribution in [2.75, 3.05) is 43.6 Å². The van der Waals surface area contributed by atoms with E-state index in [1.807, 2.05) is 24.9 Å². The first kappa shape index (κ1) is 17.9. The fourth-order valence-electron chi connectivity index (χ4n) is 2.77. The Balaban J connectivity index is 1.75. The summed E-state index contributed by atoms with van der Waals surface area (Å²) < 4.78 is 13.3. The van der Waals surface area contributed by atoms with Crippen LogP contribution in [0, 0.1) is 5.82 Å². The van der Waals surface area contributed by atoms with Gasteiger partial charge in [-0.2, -0.15) is 11.8 Å². The molecule has 0 spiro atoms. The predicted molar refractivity (Wildman–Crippen MR) is 99.1 cm³/mol. The molecule has 0 unspecified atom stereocenters. The number of halogens is 1. The highest BCUT2D eigenvalue weighted by molar-refractivity contribution is 7.98. The minimum atomic E-state index is -0.169. The van der Waals surface area contributed by atoms with Gasteiger partial charge in [0, 0.05) is 38.4 Å². The fourth-order valence-corrected chi connectivity index (χ4v) is 3.20. The molecular formula is C17H27FN4S. The number of nitrogens with one attached hydrogen (secondary N) is 2. The molecule has 0 bridgehead atoms. The summed E-state index contributed by atoms with van der Waals surface area (Å²) in [6.07, 6.45) is 5.32. The Morgan fingerprint density at radius 2 is 2.17 bits per heavy atom. The molecule has 1 aromatic rings. The highest BCUT2D eigenvalue weighted by Crippen LogP contribution is 2.20. The molecule has 23 heavy (non-hydrogen) atoms. The average Bonchev–Trinajstić information content (AvgIpc) is 2.58. The molecule has 1 aliphatic heterocycles. The number of guanidine groups is 1. The van der Waals surface area contributed by atoms with E-state index in [0.29, 0.717) is 6.04 Å². The molecule has 0 saturated carbocycles. The molecule has 1 heterocycles. The minimum Gasteiger partial charge on any atom is -0.371 e. The van der Waals surface area contributed by atoms with Gasteiger partial charge >= 0.3 is 0 Å². The maximum absolute atomic E-state index is 13.3. The van der Waals surface area contributed by atoms with E-state index in [9.17, 15) is 4.39 Å². The lowest BCUT2D eigenvalue weighted by molar-refractivity contribution is 0.461. The smallest absolute Gasteiger partial charge is 0.191 e. The Kier molecular flexibility index (Phi) is 7.52. The SMILES string of the molecule is CN=C(NCCCSC)NC1CCN(c2cccc(F)c2)CC1. The maximum Gasteiger partial charge on any atom is 0.191 e. The van der Waals surface area contributed by atoms with Crippen LogP contribution in [0.25, 0.3) is 0 Å². The zero-order chi connectivity index (χ0) is 16.5. The van der Waals surface area contributed by atoms with Crippen molar-refractivity contribution in [2.24, 2.45) is 4.99 Å². The largest absolute Gasteiger partial charge is 0.371 e. The van der Waals surface area contributed by atoms with Gasteiger partial charge in [0.15, 0.2) is 5.96 Å². The molecule has 128 valence electrons. The molecule has 6 heteroatoms. The molecule has 0 radical (unpaired) electrons. The van der Waals surface area contributed by atoms with Gasteiger partial charge in [0.2, 0.25) is 0 Å². The van der Waals surface area contributed by atoms with Crippen LogP contribution < -0.4 is 15.5 Å². The fraction of sp³-hybridized carbons (Fsp3) is 0.588. The van der Waals surface area contributed by atoms with Crippen molar-refractivity contribution < 1.29 is 4.39 Å². The van der Waals surface area contributed by atoms with Gasteiger partial charge in [-0.3, -0.25) is 4.99 Å². The predicted octanol–water partition coefficient (Wildman–Crippen LogP) is 2.71. The maximum atomic E-state index is 13.3. The molecule has 1 saturated heterocycles. The van der Waals surface area contributed by atoms with Gasteiger partial charge < -0.3 is 15.5 Å². The van der Waals surface area contributed by atoms with Gasteiger partial charge in [-0.25, -0.2) is 4.39 Å². The van der Waals surface area contributed by atoms with E-state index < -0.39 is 0 Å². The minimum absolute atomic E-state index is 0.169. The molecule has 2 rings (SSSR count). The molecular weight excluding hydrogens is 311 g/mol. The second kappa shape index (κ2) is 9.65. The number of piperidine rings is 1. The van der Waals surface area contributed by atoms with Crippen LogP contribution in [0.15, 0.2) is 29.3 Å². The molecule has 4 nitrogen and oxygen atoms in total. The molecule has 1 fully saturated rings. The van der Waals surface area contributed by atoms with Gasteiger partial charge in [0.25, 0.3) is 0 Å². The van der Waals surface area contributed by atoms with Gasteiger partial charge in [-0.05, 0) is 49.5 Å². The monoisotopic (exact) mass is 338 g/mol. The van der Waals surface area contributed by atoms with E-state index in [1.54, 1.807) is 12.1 Å². The molecule has 2 N–H and O–H groups in total. The standard InChI is InChI=1S/C17H27FN4S/c1-19-17(20-9-4-12-23-2)21-15-7-10-22(11-8-15)16-6-3-5-14(18)13-16/h3,5-6,13,15H,4,7-12H2,1-2H3,(H2,19,20,21).